The molecule has 0 radical (unpaired) electrons. The third kappa shape index (κ3) is 2.61. The van der Waals surface area contributed by atoms with E-state index in [1.54, 1.807) is 0 Å². The molecular formula is C14H21N3. The standard InChI is InChI=1S/C14H21N3/c1-11(9-15)7-8-16-13-10-17(2)14-6-4-3-5-12(13)14/h3-6,10-11,16H,7-9,15H2,1-2H3. The number of aryl methyl sites for hydroxylation is 1. The molecule has 0 spiro atoms. The maximum absolute atomic E-state index is 5.61. The second-order valence-electron chi connectivity index (χ2n) is 4.73. The van der Waals surface area contributed by atoms with Crippen LogP contribution >= 0.6 is 0 Å². The molecule has 1 aromatic heterocycles. The van der Waals surface area contributed by atoms with Crippen LogP contribution in [0.3, 0.4) is 0 Å². The first-order valence-corrected chi connectivity index (χ1v) is 6.20. The fraction of sp³-hybridized carbons (Fsp3) is 0.429. The van der Waals surface area contributed by atoms with Crippen LogP contribution in [0.5, 0.6) is 0 Å². The van der Waals surface area contributed by atoms with Crippen molar-refractivity contribution < 1.29 is 0 Å². The summed E-state index contributed by atoms with van der Waals surface area (Å²) in [5, 5.41) is 4.78. The molecular weight excluding hydrogens is 210 g/mol. The number of nitrogens with zero attached hydrogens (tertiary/aromatic N) is 1. The molecule has 0 aliphatic rings. The van der Waals surface area contributed by atoms with Gasteiger partial charge >= 0.3 is 0 Å². The molecule has 3 nitrogen and oxygen atoms in total. The molecule has 0 fully saturated rings. The lowest BCUT2D eigenvalue weighted by Crippen LogP contribution is -2.14. The summed E-state index contributed by atoms with van der Waals surface area (Å²) in [5.74, 6) is 0.581. The first kappa shape index (κ1) is 12.0. The van der Waals surface area contributed by atoms with Crippen LogP contribution in [0, 0.1) is 5.92 Å². The molecule has 0 saturated carbocycles. The minimum atomic E-state index is 0.581. The molecule has 92 valence electrons. The van der Waals surface area contributed by atoms with E-state index in [0.717, 1.165) is 19.5 Å². The first-order valence-electron chi connectivity index (χ1n) is 6.20. The molecule has 17 heavy (non-hydrogen) atoms. The van der Waals surface area contributed by atoms with Crippen molar-refractivity contribution in [2.45, 2.75) is 13.3 Å². The van der Waals surface area contributed by atoms with Crippen LogP contribution in [0.4, 0.5) is 5.69 Å². The summed E-state index contributed by atoms with van der Waals surface area (Å²) in [7, 11) is 2.08. The molecule has 1 unspecified atom stereocenters. The molecule has 3 N–H and O–H groups in total. The topological polar surface area (TPSA) is 43.0 Å². The van der Waals surface area contributed by atoms with Crippen LogP contribution in [0.1, 0.15) is 13.3 Å². The number of rotatable bonds is 5. The van der Waals surface area contributed by atoms with E-state index in [4.69, 9.17) is 5.73 Å². The van der Waals surface area contributed by atoms with E-state index >= 15 is 0 Å². The summed E-state index contributed by atoms with van der Waals surface area (Å²) >= 11 is 0. The van der Waals surface area contributed by atoms with Gasteiger partial charge in [-0.2, -0.15) is 0 Å². The molecule has 0 amide bonds. The van der Waals surface area contributed by atoms with Crippen LogP contribution in [-0.2, 0) is 7.05 Å². The van der Waals surface area contributed by atoms with E-state index in [2.05, 4.69) is 54.3 Å². The number of nitrogens with two attached hydrogens (primary N) is 1. The Morgan fingerprint density at radius 2 is 2.12 bits per heavy atom. The van der Waals surface area contributed by atoms with Gasteiger partial charge in [0.15, 0.2) is 0 Å². The summed E-state index contributed by atoms with van der Waals surface area (Å²) in [5.41, 5.74) is 8.09. The third-order valence-corrected chi connectivity index (χ3v) is 3.25. The Morgan fingerprint density at radius 3 is 2.88 bits per heavy atom. The molecule has 0 aliphatic heterocycles. The smallest absolute Gasteiger partial charge is 0.0599 e. The highest BCUT2D eigenvalue weighted by atomic mass is 15.0. The van der Waals surface area contributed by atoms with Gasteiger partial charge in [0.05, 0.1) is 5.69 Å². The Kier molecular flexibility index (Phi) is 3.69. The van der Waals surface area contributed by atoms with Crippen LogP contribution in [0.25, 0.3) is 10.9 Å². The fourth-order valence-electron chi connectivity index (χ4n) is 2.05. The lowest BCUT2D eigenvalue weighted by atomic mass is 10.1. The van der Waals surface area contributed by atoms with Crippen molar-refractivity contribution in [2.75, 3.05) is 18.4 Å². The van der Waals surface area contributed by atoms with Gasteiger partial charge < -0.3 is 15.6 Å². The van der Waals surface area contributed by atoms with E-state index in [0.29, 0.717) is 5.92 Å². The van der Waals surface area contributed by atoms with E-state index in [9.17, 15) is 0 Å². The van der Waals surface area contributed by atoms with Gasteiger partial charge in [-0.1, -0.05) is 25.1 Å². The largest absolute Gasteiger partial charge is 0.383 e. The number of fused-ring (bicyclic) bond motifs is 1. The zero-order chi connectivity index (χ0) is 12.3. The highest BCUT2D eigenvalue weighted by Crippen LogP contribution is 2.24. The number of anilines is 1. The van der Waals surface area contributed by atoms with Crippen LogP contribution in [-0.4, -0.2) is 17.7 Å². The molecule has 1 heterocycles. The van der Waals surface area contributed by atoms with Crippen molar-refractivity contribution in [1.29, 1.82) is 0 Å². The third-order valence-electron chi connectivity index (χ3n) is 3.25. The molecule has 0 aliphatic carbocycles. The molecule has 2 aromatic rings. The van der Waals surface area contributed by atoms with Crippen LogP contribution in [0.15, 0.2) is 30.5 Å². The van der Waals surface area contributed by atoms with Gasteiger partial charge in [-0.05, 0) is 24.9 Å². The van der Waals surface area contributed by atoms with Crippen molar-refractivity contribution in [3.8, 4) is 0 Å². The van der Waals surface area contributed by atoms with Crippen molar-refractivity contribution in [3.63, 3.8) is 0 Å². The van der Waals surface area contributed by atoms with Crippen molar-refractivity contribution >= 4 is 16.6 Å². The van der Waals surface area contributed by atoms with Gasteiger partial charge in [-0.15, -0.1) is 0 Å². The number of hydrogen-bond donors (Lipinski definition) is 2. The van der Waals surface area contributed by atoms with E-state index in [-0.39, 0.29) is 0 Å². The van der Waals surface area contributed by atoms with E-state index in [1.807, 2.05) is 0 Å². The van der Waals surface area contributed by atoms with Crippen molar-refractivity contribution in [2.24, 2.45) is 18.7 Å². The summed E-state index contributed by atoms with van der Waals surface area (Å²) in [6, 6.07) is 8.45. The molecule has 3 heteroatoms. The molecule has 2 rings (SSSR count). The molecule has 1 atom stereocenters. The summed E-state index contributed by atoms with van der Waals surface area (Å²) < 4.78 is 2.16. The average Bonchev–Trinajstić information content (AvgIpc) is 2.67. The van der Waals surface area contributed by atoms with Crippen molar-refractivity contribution in [3.05, 3.63) is 30.5 Å². The number of para-hydroxylation sites is 1. The summed E-state index contributed by atoms with van der Waals surface area (Å²) in [6.07, 6.45) is 3.26. The number of hydrogen-bond acceptors (Lipinski definition) is 2. The zero-order valence-electron chi connectivity index (χ0n) is 10.6. The van der Waals surface area contributed by atoms with Gasteiger partial charge in [0.2, 0.25) is 0 Å². The summed E-state index contributed by atoms with van der Waals surface area (Å²) in [4.78, 5) is 0. The highest BCUT2D eigenvalue weighted by Gasteiger charge is 2.05. The van der Waals surface area contributed by atoms with Crippen molar-refractivity contribution in [1.82, 2.24) is 4.57 Å². The fourth-order valence-corrected chi connectivity index (χ4v) is 2.05. The summed E-state index contributed by atoms with van der Waals surface area (Å²) in [6.45, 7) is 3.92. The van der Waals surface area contributed by atoms with Gasteiger partial charge in [0.1, 0.15) is 0 Å². The molecule has 0 saturated heterocycles. The quantitative estimate of drug-likeness (QED) is 0.830. The minimum Gasteiger partial charge on any atom is -0.383 e. The maximum Gasteiger partial charge on any atom is 0.0599 e. The Labute approximate surface area is 103 Å². The Morgan fingerprint density at radius 1 is 1.35 bits per heavy atom. The van der Waals surface area contributed by atoms with E-state index in [1.165, 1.54) is 16.6 Å². The average molecular weight is 231 g/mol. The molecule has 1 aromatic carbocycles. The van der Waals surface area contributed by atoms with Gasteiger partial charge in [0, 0.05) is 30.7 Å². The SMILES string of the molecule is CC(CN)CCNc1cn(C)c2ccccc12. The Hall–Kier alpha value is -1.48. The Bertz CT molecular complexity index is 487. The highest BCUT2D eigenvalue weighted by molar-refractivity contribution is 5.92. The normalized spacial score (nSPS) is 12.9. The monoisotopic (exact) mass is 231 g/mol. The Balaban J connectivity index is 2.09. The molecule has 0 bridgehead atoms. The lowest BCUT2D eigenvalue weighted by Gasteiger charge is -2.09. The zero-order valence-corrected chi connectivity index (χ0v) is 10.6. The predicted octanol–water partition coefficient (Wildman–Crippen LogP) is 2.58. The second-order valence-corrected chi connectivity index (χ2v) is 4.73. The van der Waals surface area contributed by atoms with Gasteiger partial charge in [0.25, 0.3) is 0 Å². The lowest BCUT2D eigenvalue weighted by molar-refractivity contribution is 0.561. The van der Waals surface area contributed by atoms with Crippen LogP contribution < -0.4 is 11.1 Å². The minimum absolute atomic E-state index is 0.581. The second kappa shape index (κ2) is 5.23. The van der Waals surface area contributed by atoms with Crippen LogP contribution in [0.2, 0.25) is 0 Å². The van der Waals surface area contributed by atoms with Gasteiger partial charge in [-0.3, -0.25) is 0 Å². The number of nitrogens with one attached hydrogen (secondary N) is 1. The van der Waals surface area contributed by atoms with E-state index < -0.39 is 0 Å². The van der Waals surface area contributed by atoms with Gasteiger partial charge in [-0.25, -0.2) is 0 Å². The predicted molar refractivity (Wildman–Crippen MR) is 74.2 cm³/mol. The first-order chi connectivity index (χ1) is 8.22. The number of aromatic nitrogens is 1. The number of benzene rings is 1. The maximum atomic E-state index is 5.61.